The van der Waals surface area contributed by atoms with Crippen molar-refractivity contribution >= 4 is 0 Å². The van der Waals surface area contributed by atoms with E-state index in [1.54, 1.807) is 7.11 Å². The van der Waals surface area contributed by atoms with Crippen LogP contribution in [0.2, 0.25) is 0 Å². The van der Waals surface area contributed by atoms with E-state index in [2.05, 4.69) is 25.8 Å². The largest absolute Gasteiger partial charge is 0.377 e. The molecule has 3 nitrogen and oxygen atoms in total. The van der Waals surface area contributed by atoms with Gasteiger partial charge in [-0.3, -0.25) is 0 Å². The van der Waals surface area contributed by atoms with Crippen molar-refractivity contribution < 1.29 is 4.74 Å². The standard InChI is InChI=1S/C15H32N2O/c1-15(2,18-4)14(16)11-12-17(3)13-9-7-5-6-8-10-13/h13-14H,5-12,16H2,1-4H3. The molecule has 0 bridgehead atoms. The average molecular weight is 256 g/mol. The maximum Gasteiger partial charge on any atom is 0.0773 e. The van der Waals surface area contributed by atoms with Crippen molar-refractivity contribution in [1.29, 1.82) is 0 Å². The summed E-state index contributed by atoms with van der Waals surface area (Å²) in [5, 5.41) is 0. The monoisotopic (exact) mass is 256 g/mol. The van der Waals surface area contributed by atoms with Gasteiger partial charge < -0.3 is 15.4 Å². The molecule has 1 fully saturated rings. The SMILES string of the molecule is COC(C)(C)C(N)CCN(C)C1CCCCCC1. The highest BCUT2D eigenvalue weighted by Crippen LogP contribution is 2.22. The van der Waals surface area contributed by atoms with Crippen LogP contribution in [0.25, 0.3) is 0 Å². The van der Waals surface area contributed by atoms with Crippen molar-refractivity contribution in [3.8, 4) is 0 Å². The van der Waals surface area contributed by atoms with Gasteiger partial charge >= 0.3 is 0 Å². The zero-order valence-corrected chi connectivity index (χ0v) is 12.7. The highest BCUT2D eigenvalue weighted by atomic mass is 16.5. The molecule has 0 aliphatic heterocycles. The lowest BCUT2D eigenvalue weighted by Crippen LogP contribution is -2.47. The minimum Gasteiger partial charge on any atom is -0.377 e. The summed E-state index contributed by atoms with van der Waals surface area (Å²) in [5.41, 5.74) is 6.00. The van der Waals surface area contributed by atoms with Crippen molar-refractivity contribution in [3.63, 3.8) is 0 Å². The highest BCUT2D eigenvalue weighted by Gasteiger charge is 2.26. The molecule has 0 heterocycles. The molecule has 0 aromatic rings. The van der Waals surface area contributed by atoms with Gasteiger partial charge in [0, 0.05) is 19.2 Å². The fourth-order valence-corrected chi connectivity index (χ4v) is 2.72. The van der Waals surface area contributed by atoms with Gasteiger partial charge in [-0.15, -0.1) is 0 Å². The molecule has 1 saturated carbocycles. The molecule has 1 aliphatic carbocycles. The smallest absolute Gasteiger partial charge is 0.0773 e. The molecule has 0 amide bonds. The minimum atomic E-state index is -0.218. The van der Waals surface area contributed by atoms with Crippen LogP contribution >= 0.6 is 0 Å². The molecular weight excluding hydrogens is 224 g/mol. The van der Waals surface area contributed by atoms with Crippen LogP contribution in [0, 0.1) is 0 Å². The van der Waals surface area contributed by atoms with Gasteiger partial charge in [0.15, 0.2) is 0 Å². The number of methoxy groups -OCH3 is 1. The van der Waals surface area contributed by atoms with Crippen molar-refractivity contribution in [2.45, 2.75) is 76.5 Å². The van der Waals surface area contributed by atoms with Gasteiger partial charge in [-0.25, -0.2) is 0 Å². The molecule has 0 saturated heterocycles. The first-order valence-electron chi connectivity index (χ1n) is 7.48. The van der Waals surface area contributed by atoms with Gasteiger partial charge in [-0.05, 0) is 46.7 Å². The van der Waals surface area contributed by atoms with E-state index in [1.165, 1.54) is 38.5 Å². The molecule has 0 aromatic heterocycles. The number of rotatable bonds is 6. The lowest BCUT2D eigenvalue weighted by atomic mass is 9.96. The van der Waals surface area contributed by atoms with Crippen molar-refractivity contribution in [1.82, 2.24) is 4.90 Å². The summed E-state index contributed by atoms with van der Waals surface area (Å²) in [6.45, 7) is 5.23. The minimum absolute atomic E-state index is 0.107. The Kier molecular flexibility index (Phi) is 6.61. The van der Waals surface area contributed by atoms with E-state index in [9.17, 15) is 0 Å². The number of hydrogen-bond acceptors (Lipinski definition) is 3. The second-order valence-electron chi connectivity index (χ2n) is 6.33. The first-order chi connectivity index (χ1) is 8.47. The molecule has 0 aromatic carbocycles. The zero-order chi connectivity index (χ0) is 13.6. The van der Waals surface area contributed by atoms with Crippen LogP contribution in [-0.2, 0) is 4.74 Å². The fourth-order valence-electron chi connectivity index (χ4n) is 2.72. The van der Waals surface area contributed by atoms with Gasteiger partial charge in [0.05, 0.1) is 5.60 Å². The van der Waals surface area contributed by atoms with Gasteiger partial charge in [0.1, 0.15) is 0 Å². The van der Waals surface area contributed by atoms with Crippen molar-refractivity contribution in [2.75, 3.05) is 20.7 Å². The van der Waals surface area contributed by atoms with Gasteiger partial charge in [-0.1, -0.05) is 25.7 Å². The summed E-state index contributed by atoms with van der Waals surface area (Å²) in [6.07, 6.45) is 9.35. The molecular formula is C15H32N2O. The number of nitrogens with two attached hydrogens (primary N) is 1. The molecule has 1 aliphatic rings. The molecule has 1 rings (SSSR count). The van der Waals surface area contributed by atoms with Gasteiger partial charge in [-0.2, -0.15) is 0 Å². The van der Waals surface area contributed by atoms with E-state index in [4.69, 9.17) is 10.5 Å². The Labute approximate surface area is 113 Å². The molecule has 0 radical (unpaired) electrons. The van der Waals surface area contributed by atoms with Crippen LogP contribution in [0.5, 0.6) is 0 Å². The lowest BCUT2D eigenvalue weighted by Gasteiger charge is -2.33. The first-order valence-corrected chi connectivity index (χ1v) is 7.48. The second kappa shape index (κ2) is 7.46. The van der Waals surface area contributed by atoms with E-state index in [0.29, 0.717) is 0 Å². The summed E-state index contributed by atoms with van der Waals surface area (Å²) in [4.78, 5) is 2.51. The summed E-state index contributed by atoms with van der Waals surface area (Å²) in [6, 6.07) is 0.876. The van der Waals surface area contributed by atoms with Crippen molar-refractivity contribution in [2.24, 2.45) is 5.73 Å². The Morgan fingerprint density at radius 1 is 1.22 bits per heavy atom. The molecule has 18 heavy (non-hydrogen) atoms. The Bertz CT molecular complexity index is 223. The number of nitrogens with zero attached hydrogens (tertiary/aromatic N) is 1. The molecule has 1 atom stereocenters. The van der Waals surface area contributed by atoms with Gasteiger partial charge in [0.2, 0.25) is 0 Å². The quantitative estimate of drug-likeness (QED) is 0.743. The van der Waals surface area contributed by atoms with Crippen LogP contribution in [0.1, 0.15) is 58.8 Å². The predicted molar refractivity (Wildman–Crippen MR) is 77.8 cm³/mol. The Morgan fingerprint density at radius 2 is 1.78 bits per heavy atom. The van der Waals surface area contributed by atoms with Crippen molar-refractivity contribution in [3.05, 3.63) is 0 Å². The third kappa shape index (κ3) is 4.87. The van der Waals surface area contributed by atoms with Gasteiger partial charge in [0.25, 0.3) is 0 Å². The molecule has 108 valence electrons. The normalized spacial score (nSPS) is 21.0. The number of ether oxygens (including phenoxy) is 1. The summed E-state index contributed by atoms with van der Waals surface area (Å²) in [7, 11) is 4.00. The summed E-state index contributed by atoms with van der Waals surface area (Å²) < 4.78 is 5.45. The Balaban J connectivity index is 2.33. The molecule has 0 spiro atoms. The zero-order valence-electron chi connectivity index (χ0n) is 12.7. The first kappa shape index (κ1) is 15.9. The molecule has 3 heteroatoms. The van der Waals surface area contributed by atoms with Crippen LogP contribution in [0.4, 0.5) is 0 Å². The number of hydrogen-bond donors (Lipinski definition) is 1. The van der Waals surface area contributed by atoms with E-state index in [1.807, 2.05) is 0 Å². The van der Waals surface area contributed by atoms with Crippen LogP contribution in [0.3, 0.4) is 0 Å². The summed E-state index contributed by atoms with van der Waals surface area (Å²) >= 11 is 0. The Hall–Kier alpha value is -0.120. The topological polar surface area (TPSA) is 38.5 Å². The molecule has 2 N–H and O–H groups in total. The van der Waals surface area contributed by atoms with Crippen LogP contribution in [0.15, 0.2) is 0 Å². The Morgan fingerprint density at radius 3 is 2.28 bits per heavy atom. The average Bonchev–Trinajstić information content (AvgIpc) is 2.64. The lowest BCUT2D eigenvalue weighted by molar-refractivity contribution is -0.00416. The fraction of sp³-hybridized carbons (Fsp3) is 1.00. The maximum atomic E-state index is 6.22. The maximum absolute atomic E-state index is 6.22. The van der Waals surface area contributed by atoms with Crippen LogP contribution < -0.4 is 5.73 Å². The highest BCUT2D eigenvalue weighted by molar-refractivity contribution is 4.84. The van der Waals surface area contributed by atoms with E-state index < -0.39 is 0 Å². The van der Waals surface area contributed by atoms with E-state index in [0.717, 1.165) is 19.0 Å². The third-order valence-corrected chi connectivity index (χ3v) is 4.66. The molecule has 1 unspecified atom stereocenters. The third-order valence-electron chi connectivity index (χ3n) is 4.66. The van der Waals surface area contributed by atoms with E-state index in [-0.39, 0.29) is 11.6 Å². The second-order valence-corrected chi connectivity index (χ2v) is 6.33. The van der Waals surface area contributed by atoms with E-state index >= 15 is 0 Å². The van der Waals surface area contributed by atoms with Crippen LogP contribution in [-0.4, -0.2) is 43.3 Å². The predicted octanol–water partition coefficient (Wildman–Crippen LogP) is 2.78. The summed E-state index contributed by atoms with van der Waals surface area (Å²) in [5.74, 6) is 0.